The molecule has 0 unspecified atom stereocenters. The molecule has 1 aromatic carbocycles. The summed E-state index contributed by atoms with van der Waals surface area (Å²) in [6.07, 6.45) is 0.712. The highest BCUT2D eigenvalue weighted by Crippen LogP contribution is 2.34. The molecule has 0 aliphatic carbocycles. The number of nitrogens with zero attached hydrogens (tertiary/aromatic N) is 1. The number of nitro groups is 1. The number of hydrogen-bond donors (Lipinski definition) is 1. The summed E-state index contributed by atoms with van der Waals surface area (Å²) in [5, 5.41) is 14.8. The van der Waals surface area contributed by atoms with Crippen LogP contribution in [0.3, 0.4) is 0 Å². The molecule has 0 saturated heterocycles. The number of anilines is 1. The second kappa shape index (κ2) is 6.99. The van der Waals surface area contributed by atoms with Gasteiger partial charge in [-0.15, -0.1) is 0 Å². The predicted octanol–water partition coefficient (Wildman–Crippen LogP) is 3.44. The molecule has 0 aliphatic rings. The summed E-state index contributed by atoms with van der Waals surface area (Å²) in [5.74, 6) is -0.326. The van der Waals surface area contributed by atoms with Gasteiger partial charge in [0.05, 0.1) is 12.0 Å². The number of para-hydroxylation sites is 1. The summed E-state index contributed by atoms with van der Waals surface area (Å²) < 4.78 is 9.68. The number of fused-ring (bicyclic) bond motifs is 1. The lowest BCUT2D eigenvalue weighted by molar-refractivity contribution is -0.385. The topological polar surface area (TPSA) is 94.6 Å². The van der Waals surface area contributed by atoms with E-state index < -0.39 is 4.92 Å². The lowest BCUT2D eigenvalue weighted by Crippen LogP contribution is -2.08. The molecule has 0 saturated carbocycles. The summed E-state index contributed by atoms with van der Waals surface area (Å²) in [7, 11) is 1.32. The molecule has 0 aliphatic heterocycles. The quantitative estimate of drug-likeness (QED) is 0.286. The fraction of sp³-hybridized carbons (Fsp3) is 0.286. The number of carbonyl (C=O) groups excluding carboxylic acids is 1. The first-order valence-electron chi connectivity index (χ1n) is 6.55. The van der Waals surface area contributed by atoms with Crippen molar-refractivity contribution >= 4 is 40.5 Å². The Kier molecular flexibility index (Phi) is 5.05. The third-order valence-corrected chi connectivity index (χ3v) is 3.34. The number of nitrogens with one attached hydrogen (secondary N) is 1. The van der Waals surface area contributed by atoms with Crippen molar-refractivity contribution in [1.29, 1.82) is 0 Å². The Bertz CT molecular complexity index is 771. The van der Waals surface area contributed by atoms with Gasteiger partial charge in [-0.1, -0.05) is 12.1 Å². The highest BCUT2D eigenvalue weighted by atomic mass is 32.1. The first kappa shape index (κ1) is 15.9. The predicted molar refractivity (Wildman–Crippen MR) is 83.4 cm³/mol. The summed E-state index contributed by atoms with van der Waals surface area (Å²) in [6, 6.07) is 6.91. The van der Waals surface area contributed by atoms with Gasteiger partial charge in [0.15, 0.2) is 0 Å². The minimum absolute atomic E-state index is 0.181. The number of methoxy groups -OCH3 is 1. The fourth-order valence-corrected chi connectivity index (χ4v) is 2.30. The lowest BCUT2D eigenvalue weighted by atomic mass is 10.2. The molecule has 1 N–H and O–H groups in total. The molecule has 0 spiro atoms. The van der Waals surface area contributed by atoms with Crippen LogP contribution in [0, 0.1) is 14.8 Å². The summed E-state index contributed by atoms with van der Waals surface area (Å²) >= 11 is 4.96. The number of rotatable bonds is 6. The highest BCUT2D eigenvalue weighted by molar-refractivity contribution is 7.71. The normalized spacial score (nSPS) is 10.4. The van der Waals surface area contributed by atoms with Crippen molar-refractivity contribution in [1.82, 2.24) is 0 Å². The Labute approximate surface area is 131 Å². The van der Waals surface area contributed by atoms with E-state index in [1.54, 1.807) is 24.3 Å². The monoisotopic (exact) mass is 322 g/mol. The maximum Gasteiger partial charge on any atom is 0.346 e. The van der Waals surface area contributed by atoms with E-state index in [1.165, 1.54) is 7.11 Å². The minimum atomic E-state index is -0.569. The molecule has 0 radical (unpaired) electrons. The zero-order valence-electron chi connectivity index (χ0n) is 11.8. The van der Waals surface area contributed by atoms with E-state index in [0.29, 0.717) is 29.6 Å². The van der Waals surface area contributed by atoms with Gasteiger partial charge in [0.25, 0.3) is 4.71 Å². The van der Waals surface area contributed by atoms with Gasteiger partial charge in [-0.25, -0.2) is 0 Å². The van der Waals surface area contributed by atoms with E-state index in [1.807, 2.05) is 0 Å². The van der Waals surface area contributed by atoms with Crippen molar-refractivity contribution in [3.05, 3.63) is 39.1 Å². The van der Waals surface area contributed by atoms with Crippen molar-refractivity contribution in [2.45, 2.75) is 12.8 Å². The van der Waals surface area contributed by atoms with Crippen LogP contribution in [0.15, 0.2) is 28.7 Å². The van der Waals surface area contributed by atoms with Crippen LogP contribution < -0.4 is 5.32 Å². The maximum atomic E-state index is 11.2. The van der Waals surface area contributed by atoms with Crippen LogP contribution in [0.2, 0.25) is 0 Å². The molecule has 0 bridgehead atoms. The van der Waals surface area contributed by atoms with Gasteiger partial charge in [-0.2, -0.15) is 0 Å². The van der Waals surface area contributed by atoms with Gasteiger partial charge in [-0.05, 0) is 30.8 Å². The molecular weight excluding hydrogens is 308 g/mol. The van der Waals surface area contributed by atoms with Gasteiger partial charge in [0.2, 0.25) is 0 Å². The molecule has 0 amide bonds. The Hall–Kier alpha value is -2.48. The number of esters is 1. The molecule has 8 heteroatoms. The van der Waals surface area contributed by atoms with Crippen LogP contribution in [-0.2, 0) is 9.53 Å². The highest BCUT2D eigenvalue weighted by Gasteiger charge is 2.21. The minimum Gasteiger partial charge on any atom is -0.469 e. The number of benzene rings is 1. The van der Waals surface area contributed by atoms with Gasteiger partial charge >= 0.3 is 11.7 Å². The standard InChI is InChI=1S/C14H14N2O5S/c1-20-11(17)7-4-8-15-12-9-5-2-3-6-10(9)21-14(22)13(12)16(18)19/h2-3,5-6,15H,4,7-8H2,1H3. The van der Waals surface area contributed by atoms with E-state index >= 15 is 0 Å². The van der Waals surface area contributed by atoms with E-state index in [2.05, 4.69) is 10.1 Å². The van der Waals surface area contributed by atoms with Crippen LogP contribution in [0.25, 0.3) is 11.0 Å². The Balaban J connectivity index is 2.33. The largest absolute Gasteiger partial charge is 0.469 e. The zero-order valence-corrected chi connectivity index (χ0v) is 12.6. The Morgan fingerprint density at radius 1 is 1.45 bits per heavy atom. The fourth-order valence-electron chi connectivity index (χ4n) is 2.03. The molecule has 1 heterocycles. The van der Waals surface area contributed by atoms with Crippen LogP contribution >= 0.6 is 12.2 Å². The van der Waals surface area contributed by atoms with Crippen LogP contribution in [-0.4, -0.2) is 24.5 Å². The smallest absolute Gasteiger partial charge is 0.346 e. The summed E-state index contributed by atoms with van der Waals surface area (Å²) in [4.78, 5) is 21.7. The van der Waals surface area contributed by atoms with Gasteiger partial charge in [0, 0.05) is 18.4 Å². The molecule has 116 valence electrons. The van der Waals surface area contributed by atoms with Crippen molar-refractivity contribution in [2.75, 3.05) is 19.0 Å². The van der Waals surface area contributed by atoms with Crippen LogP contribution in [0.5, 0.6) is 0 Å². The molecule has 0 fully saturated rings. The van der Waals surface area contributed by atoms with Crippen molar-refractivity contribution in [3.63, 3.8) is 0 Å². The Morgan fingerprint density at radius 3 is 2.86 bits per heavy atom. The van der Waals surface area contributed by atoms with Crippen LogP contribution in [0.4, 0.5) is 11.4 Å². The third kappa shape index (κ3) is 3.40. The lowest BCUT2D eigenvalue weighted by Gasteiger charge is -2.09. The molecule has 22 heavy (non-hydrogen) atoms. The van der Waals surface area contributed by atoms with E-state index in [9.17, 15) is 14.9 Å². The molecule has 2 rings (SSSR count). The molecule has 0 atom stereocenters. The molecule has 7 nitrogen and oxygen atoms in total. The first-order chi connectivity index (χ1) is 10.5. The number of carbonyl (C=O) groups is 1. The van der Waals surface area contributed by atoms with E-state index in [0.717, 1.165) is 0 Å². The van der Waals surface area contributed by atoms with Gasteiger partial charge in [-0.3, -0.25) is 14.9 Å². The molecule has 1 aromatic heterocycles. The Morgan fingerprint density at radius 2 is 2.18 bits per heavy atom. The summed E-state index contributed by atoms with van der Waals surface area (Å²) in [5.41, 5.74) is 0.502. The first-order valence-corrected chi connectivity index (χ1v) is 6.96. The summed E-state index contributed by atoms with van der Waals surface area (Å²) in [6.45, 7) is 0.374. The van der Waals surface area contributed by atoms with Crippen molar-refractivity contribution < 1.29 is 18.9 Å². The zero-order chi connectivity index (χ0) is 16.1. The SMILES string of the molecule is COC(=O)CCCNc1c([N+](=O)[O-])c(=S)oc2ccccc12. The van der Waals surface area contributed by atoms with E-state index in [-0.39, 0.29) is 22.8 Å². The van der Waals surface area contributed by atoms with Gasteiger partial charge in [0.1, 0.15) is 11.3 Å². The molecule has 2 aromatic rings. The second-order valence-electron chi connectivity index (χ2n) is 4.47. The number of hydrogen-bond acceptors (Lipinski definition) is 7. The van der Waals surface area contributed by atoms with E-state index in [4.69, 9.17) is 16.6 Å². The van der Waals surface area contributed by atoms with Crippen molar-refractivity contribution in [2.24, 2.45) is 0 Å². The average Bonchev–Trinajstić information content (AvgIpc) is 2.50. The van der Waals surface area contributed by atoms with Crippen molar-refractivity contribution in [3.8, 4) is 0 Å². The van der Waals surface area contributed by atoms with Crippen LogP contribution in [0.1, 0.15) is 12.8 Å². The maximum absolute atomic E-state index is 11.2. The van der Waals surface area contributed by atoms with Gasteiger partial charge < -0.3 is 14.5 Å². The third-order valence-electron chi connectivity index (χ3n) is 3.06. The molecular formula is C14H14N2O5S. The second-order valence-corrected chi connectivity index (χ2v) is 4.84. The number of ether oxygens (including phenoxy) is 1. The average molecular weight is 322 g/mol.